The normalized spacial score (nSPS) is 33.6. The molecule has 2 heteroatoms. The van der Waals surface area contributed by atoms with Crippen molar-refractivity contribution in [2.75, 3.05) is 13.2 Å². The van der Waals surface area contributed by atoms with Crippen LogP contribution in [0.25, 0.3) is 0 Å². The van der Waals surface area contributed by atoms with Crippen molar-refractivity contribution in [2.24, 2.45) is 17.8 Å². The van der Waals surface area contributed by atoms with Gasteiger partial charge in [0.2, 0.25) is 0 Å². The minimum atomic E-state index is 0.149. The van der Waals surface area contributed by atoms with Crippen molar-refractivity contribution in [1.82, 2.24) is 0 Å². The predicted octanol–water partition coefficient (Wildman–Crippen LogP) is 2.46. The smallest absolute Gasteiger partial charge is 0.0701 e. The molecule has 0 heterocycles. The first-order valence-corrected chi connectivity index (χ1v) is 5.87. The number of hydrogen-bond donors (Lipinski definition) is 1. The fourth-order valence-electron chi connectivity index (χ4n) is 2.51. The summed E-state index contributed by atoms with van der Waals surface area (Å²) in [7, 11) is 0. The molecule has 0 aromatic heterocycles. The topological polar surface area (TPSA) is 29.5 Å². The quantitative estimate of drug-likeness (QED) is 0.755. The third kappa shape index (κ3) is 3.25. The summed E-state index contributed by atoms with van der Waals surface area (Å²) in [5.74, 6) is 2.18. The van der Waals surface area contributed by atoms with E-state index < -0.39 is 0 Å². The highest BCUT2D eigenvalue weighted by Gasteiger charge is 2.30. The van der Waals surface area contributed by atoms with Crippen LogP contribution >= 0.6 is 0 Å². The average molecular weight is 200 g/mol. The van der Waals surface area contributed by atoms with Crippen LogP contribution in [-0.4, -0.2) is 24.4 Å². The summed E-state index contributed by atoms with van der Waals surface area (Å²) >= 11 is 0. The Morgan fingerprint density at radius 2 is 2.07 bits per heavy atom. The van der Waals surface area contributed by atoms with Gasteiger partial charge < -0.3 is 9.84 Å². The van der Waals surface area contributed by atoms with Gasteiger partial charge in [0.1, 0.15) is 0 Å². The lowest BCUT2D eigenvalue weighted by molar-refractivity contribution is -0.0489. The third-order valence-corrected chi connectivity index (χ3v) is 3.38. The van der Waals surface area contributed by atoms with Crippen LogP contribution in [-0.2, 0) is 4.74 Å². The molecule has 0 amide bonds. The van der Waals surface area contributed by atoms with Gasteiger partial charge in [0.05, 0.1) is 19.3 Å². The summed E-state index contributed by atoms with van der Waals surface area (Å²) in [5, 5.41) is 8.76. The zero-order chi connectivity index (χ0) is 10.6. The highest BCUT2D eigenvalue weighted by atomic mass is 16.5. The maximum atomic E-state index is 8.76. The summed E-state index contributed by atoms with van der Waals surface area (Å²) in [6, 6.07) is 0. The molecule has 1 aliphatic rings. The molecular formula is C12H24O2. The zero-order valence-electron chi connectivity index (χ0n) is 9.70. The maximum absolute atomic E-state index is 8.76. The second-order valence-electron chi connectivity index (χ2n) is 4.96. The Hall–Kier alpha value is -0.0800. The fraction of sp³-hybridized carbons (Fsp3) is 1.00. The van der Waals surface area contributed by atoms with Crippen LogP contribution in [0.1, 0.15) is 40.0 Å². The van der Waals surface area contributed by atoms with Crippen molar-refractivity contribution in [3.05, 3.63) is 0 Å². The molecule has 0 radical (unpaired) electrons. The molecule has 1 rings (SSSR count). The maximum Gasteiger partial charge on any atom is 0.0701 e. The zero-order valence-corrected chi connectivity index (χ0v) is 9.70. The molecule has 1 fully saturated rings. The molecule has 0 aliphatic heterocycles. The molecule has 0 bridgehead atoms. The van der Waals surface area contributed by atoms with Gasteiger partial charge in [-0.3, -0.25) is 0 Å². The molecule has 2 nitrogen and oxygen atoms in total. The van der Waals surface area contributed by atoms with Crippen molar-refractivity contribution in [2.45, 2.75) is 46.1 Å². The van der Waals surface area contributed by atoms with E-state index in [1.165, 1.54) is 19.3 Å². The molecule has 1 saturated carbocycles. The van der Waals surface area contributed by atoms with Crippen LogP contribution in [0.2, 0.25) is 0 Å². The number of hydrogen-bond acceptors (Lipinski definition) is 2. The number of aliphatic hydroxyl groups is 1. The second-order valence-corrected chi connectivity index (χ2v) is 4.96. The van der Waals surface area contributed by atoms with E-state index in [0.717, 1.165) is 5.92 Å². The first kappa shape index (κ1) is 12.0. The van der Waals surface area contributed by atoms with E-state index in [4.69, 9.17) is 9.84 Å². The van der Waals surface area contributed by atoms with Gasteiger partial charge in [0.25, 0.3) is 0 Å². The second kappa shape index (κ2) is 5.72. The molecule has 0 unspecified atom stereocenters. The van der Waals surface area contributed by atoms with Crippen LogP contribution in [0.15, 0.2) is 0 Å². The Balaban J connectivity index is 2.45. The molecule has 0 spiro atoms. The summed E-state index contributed by atoms with van der Waals surface area (Å²) in [5.41, 5.74) is 0. The van der Waals surface area contributed by atoms with Gasteiger partial charge in [0, 0.05) is 0 Å². The molecule has 0 aromatic rings. The highest BCUT2D eigenvalue weighted by molar-refractivity contribution is 4.81. The standard InChI is InChI=1S/C12H24O2/c1-9(2)11-5-4-10(3)8-12(11)14-7-6-13/h9-13H,4-8H2,1-3H3/t10-,11+,12-/m1/s1. The van der Waals surface area contributed by atoms with E-state index in [0.29, 0.717) is 24.5 Å². The van der Waals surface area contributed by atoms with Gasteiger partial charge >= 0.3 is 0 Å². The van der Waals surface area contributed by atoms with Crippen molar-refractivity contribution < 1.29 is 9.84 Å². The van der Waals surface area contributed by atoms with Gasteiger partial charge in [-0.2, -0.15) is 0 Å². The van der Waals surface area contributed by atoms with E-state index in [1.807, 2.05) is 0 Å². The minimum absolute atomic E-state index is 0.149. The van der Waals surface area contributed by atoms with Crippen molar-refractivity contribution in [3.63, 3.8) is 0 Å². The molecule has 1 aliphatic carbocycles. The van der Waals surface area contributed by atoms with Crippen LogP contribution < -0.4 is 0 Å². The molecular weight excluding hydrogens is 176 g/mol. The van der Waals surface area contributed by atoms with Gasteiger partial charge in [-0.05, 0) is 30.6 Å². The van der Waals surface area contributed by atoms with Gasteiger partial charge in [-0.25, -0.2) is 0 Å². The number of aliphatic hydroxyl groups excluding tert-OH is 1. The van der Waals surface area contributed by atoms with Crippen LogP contribution in [0, 0.1) is 17.8 Å². The molecule has 1 N–H and O–H groups in total. The van der Waals surface area contributed by atoms with Crippen LogP contribution in [0.5, 0.6) is 0 Å². The minimum Gasteiger partial charge on any atom is -0.394 e. The van der Waals surface area contributed by atoms with Gasteiger partial charge in [-0.1, -0.05) is 27.2 Å². The van der Waals surface area contributed by atoms with E-state index >= 15 is 0 Å². The Labute approximate surface area is 87.7 Å². The van der Waals surface area contributed by atoms with Gasteiger partial charge in [0.15, 0.2) is 0 Å². The number of rotatable bonds is 4. The van der Waals surface area contributed by atoms with E-state index in [2.05, 4.69) is 20.8 Å². The average Bonchev–Trinajstić information content (AvgIpc) is 2.14. The Kier molecular flexibility index (Phi) is 4.90. The predicted molar refractivity (Wildman–Crippen MR) is 58.2 cm³/mol. The van der Waals surface area contributed by atoms with E-state index in [9.17, 15) is 0 Å². The lowest BCUT2D eigenvalue weighted by Gasteiger charge is -2.37. The van der Waals surface area contributed by atoms with Crippen LogP contribution in [0.4, 0.5) is 0 Å². The first-order valence-electron chi connectivity index (χ1n) is 5.87. The first-order chi connectivity index (χ1) is 6.65. The van der Waals surface area contributed by atoms with Crippen molar-refractivity contribution >= 4 is 0 Å². The molecule has 0 saturated heterocycles. The lowest BCUT2D eigenvalue weighted by Crippen LogP contribution is -2.34. The third-order valence-electron chi connectivity index (χ3n) is 3.38. The summed E-state index contributed by atoms with van der Waals surface area (Å²) < 4.78 is 5.73. The SMILES string of the molecule is CC(C)[C@@H]1CC[C@@H](C)C[C@H]1OCCO. The summed E-state index contributed by atoms with van der Waals surface area (Å²) in [6.45, 7) is 7.49. The van der Waals surface area contributed by atoms with Crippen molar-refractivity contribution in [3.8, 4) is 0 Å². The van der Waals surface area contributed by atoms with Crippen LogP contribution in [0.3, 0.4) is 0 Å². The monoisotopic (exact) mass is 200 g/mol. The van der Waals surface area contributed by atoms with Crippen molar-refractivity contribution in [1.29, 1.82) is 0 Å². The summed E-state index contributed by atoms with van der Waals surface area (Å²) in [4.78, 5) is 0. The Bertz CT molecular complexity index is 156. The van der Waals surface area contributed by atoms with E-state index in [1.54, 1.807) is 0 Å². The lowest BCUT2D eigenvalue weighted by atomic mass is 9.75. The number of ether oxygens (including phenoxy) is 1. The summed E-state index contributed by atoms with van der Waals surface area (Å²) in [6.07, 6.45) is 4.17. The molecule has 84 valence electrons. The largest absolute Gasteiger partial charge is 0.394 e. The Morgan fingerprint density at radius 3 is 2.64 bits per heavy atom. The Morgan fingerprint density at radius 1 is 1.36 bits per heavy atom. The molecule has 0 aromatic carbocycles. The molecule has 14 heavy (non-hydrogen) atoms. The highest BCUT2D eigenvalue weighted by Crippen LogP contribution is 2.35. The van der Waals surface area contributed by atoms with Gasteiger partial charge in [-0.15, -0.1) is 0 Å². The van der Waals surface area contributed by atoms with E-state index in [-0.39, 0.29) is 6.61 Å². The molecule has 3 atom stereocenters. The fourth-order valence-corrected chi connectivity index (χ4v) is 2.51.